The van der Waals surface area contributed by atoms with Gasteiger partial charge in [-0.25, -0.2) is 9.59 Å². The van der Waals surface area contributed by atoms with Gasteiger partial charge in [0.25, 0.3) is 0 Å². The number of unbranched alkanes of at least 4 members (excludes halogenated alkanes) is 2. The Bertz CT molecular complexity index is 2130. The van der Waals surface area contributed by atoms with Gasteiger partial charge >= 0.3 is 11.3 Å². The first-order chi connectivity index (χ1) is 23.0. The maximum absolute atomic E-state index is 13.7. The van der Waals surface area contributed by atoms with Crippen molar-refractivity contribution >= 4 is 33.3 Å². The fraction of sp³-hybridized carbons (Fsp3) is 0.439. The first-order valence-electron chi connectivity index (χ1n) is 17.7. The normalized spacial score (nSPS) is 16.3. The number of aromatic nitrogens is 1. The summed E-state index contributed by atoms with van der Waals surface area (Å²) in [6, 6.07) is 14.0. The van der Waals surface area contributed by atoms with Crippen LogP contribution in [0.1, 0.15) is 91.2 Å². The smallest absolute Gasteiger partial charge is 0.344 e. The first kappa shape index (κ1) is 32.2. The zero-order valence-corrected chi connectivity index (χ0v) is 29.2. The highest BCUT2D eigenvalue weighted by molar-refractivity contribution is 5.93. The Morgan fingerprint density at radius 3 is 2.06 bits per heavy atom. The number of pyridine rings is 1. The Kier molecular flexibility index (Phi) is 8.21. The third kappa shape index (κ3) is 5.61. The fourth-order valence-electron chi connectivity index (χ4n) is 7.65. The van der Waals surface area contributed by atoms with Gasteiger partial charge in [-0.2, -0.15) is 0 Å². The van der Waals surface area contributed by atoms with Crippen molar-refractivity contribution in [2.75, 3.05) is 36.0 Å². The monoisotopic (exact) mass is 645 g/mol. The van der Waals surface area contributed by atoms with Crippen molar-refractivity contribution < 1.29 is 8.83 Å². The van der Waals surface area contributed by atoms with Gasteiger partial charge < -0.3 is 18.6 Å². The summed E-state index contributed by atoms with van der Waals surface area (Å²) in [6.07, 6.45) is 9.87. The maximum Gasteiger partial charge on any atom is 0.344 e. The molecule has 0 N–H and O–H groups in total. The molecule has 0 bridgehead atoms. The molecular weight excluding hydrogens is 598 g/mol. The number of hydrogen-bond donors (Lipinski definition) is 0. The summed E-state index contributed by atoms with van der Waals surface area (Å²) in [4.78, 5) is 36.5. The fourth-order valence-corrected chi connectivity index (χ4v) is 7.65. The van der Waals surface area contributed by atoms with Crippen molar-refractivity contribution in [3.63, 3.8) is 0 Å². The second-order valence-corrected chi connectivity index (χ2v) is 15.1. The van der Waals surface area contributed by atoms with Crippen molar-refractivity contribution in [1.29, 1.82) is 0 Å². The summed E-state index contributed by atoms with van der Waals surface area (Å²) in [5, 5.41) is 1.76. The van der Waals surface area contributed by atoms with Crippen LogP contribution >= 0.6 is 0 Å². The molecule has 0 spiro atoms. The quantitative estimate of drug-likeness (QED) is 0.148. The molecule has 0 atom stereocenters. The Balaban J connectivity index is 1.29. The van der Waals surface area contributed by atoms with E-state index in [9.17, 15) is 9.59 Å². The first-order valence-corrected chi connectivity index (χ1v) is 17.7. The SMILES string of the molecule is CCCCN(CCCC)c1ccc2cc(-c3cncc(-c4cc5cc6c7c(c5oc4=O)C(C)(C)CCN7CCC6(C)C)c3)c(=O)oc2c1. The van der Waals surface area contributed by atoms with E-state index in [0.29, 0.717) is 33.4 Å². The third-order valence-electron chi connectivity index (χ3n) is 10.7. The lowest BCUT2D eigenvalue weighted by Crippen LogP contribution is -2.44. The Labute approximate surface area is 282 Å². The predicted octanol–water partition coefficient (Wildman–Crippen LogP) is 9.20. The Morgan fingerprint density at radius 1 is 0.771 bits per heavy atom. The lowest BCUT2D eigenvalue weighted by molar-refractivity contribution is 0.398. The zero-order chi connectivity index (χ0) is 33.8. The highest BCUT2D eigenvalue weighted by Crippen LogP contribution is 2.51. The molecule has 0 saturated heterocycles. The Morgan fingerprint density at radius 2 is 1.40 bits per heavy atom. The standard InChI is InChI=1S/C41H47N3O4/c1-7-9-15-43(16-10-8-2)30-12-11-26-20-31(38(45)47-34(26)23-30)28-19-29(25-42-24-28)32-21-27-22-33-36-35(37(27)48-39(32)46)41(5,6)14-18-44(36)17-13-40(33,3)4/h11-12,19-25H,7-10,13-18H2,1-6H3. The number of fused-ring (bicyclic) bond motifs is 3. The molecule has 0 unspecified atom stereocenters. The molecule has 0 aliphatic carbocycles. The lowest BCUT2D eigenvalue weighted by atomic mass is 9.69. The zero-order valence-electron chi connectivity index (χ0n) is 29.2. The molecule has 0 saturated carbocycles. The van der Waals surface area contributed by atoms with Crippen LogP contribution in [0.2, 0.25) is 0 Å². The molecule has 5 heterocycles. The van der Waals surface area contributed by atoms with Crippen LogP contribution in [0.3, 0.4) is 0 Å². The van der Waals surface area contributed by atoms with E-state index >= 15 is 0 Å². The molecule has 48 heavy (non-hydrogen) atoms. The molecule has 5 aromatic rings. The molecule has 2 aliphatic heterocycles. The van der Waals surface area contributed by atoms with Gasteiger partial charge in [0.2, 0.25) is 0 Å². The van der Waals surface area contributed by atoms with Crippen LogP contribution < -0.4 is 21.1 Å². The van der Waals surface area contributed by atoms with Gasteiger partial charge in [-0.05, 0) is 78.5 Å². The van der Waals surface area contributed by atoms with Crippen LogP contribution in [0.4, 0.5) is 11.4 Å². The number of benzene rings is 2. The van der Waals surface area contributed by atoms with Gasteiger partial charge in [0.15, 0.2) is 0 Å². The average molecular weight is 646 g/mol. The molecule has 7 heteroatoms. The molecule has 3 aromatic heterocycles. The Hall–Kier alpha value is -4.39. The van der Waals surface area contributed by atoms with Crippen LogP contribution in [0, 0.1) is 0 Å². The molecule has 0 amide bonds. The van der Waals surface area contributed by atoms with Crippen molar-refractivity contribution in [3.05, 3.63) is 86.8 Å². The van der Waals surface area contributed by atoms with Crippen LogP contribution in [-0.2, 0) is 10.8 Å². The summed E-state index contributed by atoms with van der Waals surface area (Å²) in [7, 11) is 0. The molecule has 2 aliphatic rings. The topological polar surface area (TPSA) is 79.8 Å². The van der Waals surface area contributed by atoms with Gasteiger partial charge in [-0.1, -0.05) is 54.4 Å². The van der Waals surface area contributed by atoms with Crippen molar-refractivity contribution in [2.24, 2.45) is 0 Å². The van der Waals surface area contributed by atoms with Crippen LogP contribution in [0.5, 0.6) is 0 Å². The van der Waals surface area contributed by atoms with E-state index in [-0.39, 0.29) is 10.8 Å². The maximum atomic E-state index is 13.7. The van der Waals surface area contributed by atoms with E-state index in [2.05, 4.69) is 68.5 Å². The number of hydrogen-bond acceptors (Lipinski definition) is 7. The van der Waals surface area contributed by atoms with Crippen molar-refractivity contribution in [3.8, 4) is 22.3 Å². The molecule has 7 rings (SSSR count). The third-order valence-corrected chi connectivity index (χ3v) is 10.7. The number of anilines is 2. The van der Waals surface area contributed by atoms with Gasteiger partial charge in [0.1, 0.15) is 11.2 Å². The van der Waals surface area contributed by atoms with Crippen LogP contribution in [0.25, 0.3) is 44.2 Å². The summed E-state index contributed by atoms with van der Waals surface area (Å²) in [6.45, 7) is 17.5. The van der Waals surface area contributed by atoms with E-state index in [1.165, 1.54) is 11.3 Å². The molecule has 0 fully saturated rings. The van der Waals surface area contributed by atoms with Gasteiger partial charge in [-0.3, -0.25) is 4.98 Å². The molecule has 250 valence electrons. The predicted molar refractivity (Wildman–Crippen MR) is 197 cm³/mol. The highest BCUT2D eigenvalue weighted by atomic mass is 16.4. The minimum atomic E-state index is -0.433. The second-order valence-electron chi connectivity index (χ2n) is 15.1. The number of nitrogens with zero attached hydrogens (tertiary/aromatic N) is 3. The summed E-state index contributed by atoms with van der Waals surface area (Å²) < 4.78 is 12.1. The largest absolute Gasteiger partial charge is 0.422 e. The molecule has 2 aromatic carbocycles. The van der Waals surface area contributed by atoms with Crippen molar-refractivity contribution in [2.45, 2.75) is 90.9 Å². The van der Waals surface area contributed by atoms with E-state index in [1.54, 1.807) is 12.4 Å². The highest BCUT2D eigenvalue weighted by Gasteiger charge is 2.42. The summed E-state index contributed by atoms with van der Waals surface area (Å²) in [5.41, 5.74) is 7.09. The minimum Gasteiger partial charge on any atom is -0.422 e. The summed E-state index contributed by atoms with van der Waals surface area (Å²) in [5.74, 6) is 0. The summed E-state index contributed by atoms with van der Waals surface area (Å²) >= 11 is 0. The van der Waals surface area contributed by atoms with E-state index in [0.717, 1.165) is 86.7 Å². The van der Waals surface area contributed by atoms with Crippen molar-refractivity contribution in [1.82, 2.24) is 4.98 Å². The van der Waals surface area contributed by atoms with Gasteiger partial charge in [0, 0.05) is 83.5 Å². The van der Waals surface area contributed by atoms with E-state index in [4.69, 9.17) is 8.83 Å². The van der Waals surface area contributed by atoms with E-state index < -0.39 is 11.3 Å². The molecular formula is C41H47N3O4. The average Bonchev–Trinajstić information content (AvgIpc) is 3.06. The second kappa shape index (κ2) is 12.2. The van der Waals surface area contributed by atoms with Gasteiger partial charge in [-0.15, -0.1) is 0 Å². The van der Waals surface area contributed by atoms with Gasteiger partial charge in [0.05, 0.1) is 11.1 Å². The molecule has 0 radical (unpaired) electrons. The van der Waals surface area contributed by atoms with Crippen LogP contribution in [0.15, 0.2) is 73.3 Å². The van der Waals surface area contributed by atoms with E-state index in [1.807, 2.05) is 30.3 Å². The number of rotatable bonds is 9. The molecule has 7 nitrogen and oxygen atoms in total. The lowest BCUT2D eigenvalue weighted by Gasteiger charge is -2.48. The minimum absolute atomic E-state index is 0.00807. The van der Waals surface area contributed by atoms with Crippen LogP contribution in [-0.4, -0.2) is 31.2 Å².